The molecule has 0 spiro atoms. The van der Waals surface area contributed by atoms with Crippen LogP contribution in [0.3, 0.4) is 0 Å². The molecule has 0 radical (unpaired) electrons. The van der Waals surface area contributed by atoms with Gasteiger partial charge in [-0.1, -0.05) is 18.5 Å². The molecule has 2 saturated carbocycles. The van der Waals surface area contributed by atoms with Gasteiger partial charge in [-0.25, -0.2) is 8.42 Å². The van der Waals surface area contributed by atoms with Crippen LogP contribution in [0.15, 0.2) is 39.6 Å². The van der Waals surface area contributed by atoms with Gasteiger partial charge in [-0.15, -0.1) is 0 Å². The van der Waals surface area contributed by atoms with Crippen molar-refractivity contribution in [1.82, 2.24) is 9.21 Å². The Morgan fingerprint density at radius 2 is 1.90 bits per heavy atom. The molecule has 1 saturated heterocycles. The summed E-state index contributed by atoms with van der Waals surface area (Å²) in [5, 5.41) is 0.267. The Bertz CT molecular complexity index is 1100. The molecular formula is C23H27ClN2O4S. The number of carbonyl (C=O) groups is 1. The van der Waals surface area contributed by atoms with Crippen LogP contribution in [0, 0.1) is 5.92 Å². The van der Waals surface area contributed by atoms with Gasteiger partial charge in [0.15, 0.2) is 0 Å². The van der Waals surface area contributed by atoms with Crippen LogP contribution in [0.4, 0.5) is 0 Å². The van der Waals surface area contributed by atoms with Crippen molar-refractivity contribution in [2.24, 2.45) is 5.92 Å². The van der Waals surface area contributed by atoms with Gasteiger partial charge in [0.2, 0.25) is 10.0 Å². The van der Waals surface area contributed by atoms with E-state index < -0.39 is 10.0 Å². The second-order valence-electron chi connectivity index (χ2n) is 9.04. The lowest BCUT2D eigenvalue weighted by Crippen LogP contribution is -2.33. The number of benzene rings is 1. The highest BCUT2D eigenvalue weighted by molar-refractivity contribution is 7.89. The van der Waals surface area contributed by atoms with Crippen molar-refractivity contribution in [2.75, 3.05) is 13.1 Å². The molecule has 8 heteroatoms. The van der Waals surface area contributed by atoms with Crippen LogP contribution >= 0.6 is 11.6 Å². The number of sulfonamides is 1. The summed E-state index contributed by atoms with van der Waals surface area (Å²) in [6, 6.07) is 8.53. The van der Waals surface area contributed by atoms with Gasteiger partial charge in [-0.05, 0) is 68.4 Å². The summed E-state index contributed by atoms with van der Waals surface area (Å²) in [7, 11) is -3.62. The zero-order valence-electron chi connectivity index (χ0n) is 17.6. The molecule has 0 N–H and O–H groups in total. The minimum atomic E-state index is -3.62. The quantitative estimate of drug-likeness (QED) is 0.600. The Labute approximate surface area is 188 Å². The van der Waals surface area contributed by atoms with Crippen molar-refractivity contribution >= 4 is 27.5 Å². The molecule has 31 heavy (non-hydrogen) atoms. The first kappa shape index (κ1) is 21.0. The average molecular weight is 463 g/mol. The van der Waals surface area contributed by atoms with Gasteiger partial charge in [0, 0.05) is 25.0 Å². The SMILES string of the molecule is CC1CC1c1ccc(CN(C(=O)c2cc(S(=O)(=O)N3CCCC3)ccc2Cl)C2CC2)o1. The lowest BCUT2D eigenvalue weighted by molar-refractivity contribution is 0.0716. The number of nitrogens with zero attached hydrogens (tertiary/aromatic N) is 2. The van der Waals surface area contributed by atoms with E-state index in [0.29, 0.717) is 31.5 Å². The first-order valence-corrected chi connectivity index (χ1v) is 12.9. The second-order valence-corrected chi connectivity index (χ2v) is 11.4. The third-order valence-electron chi connectivity index (χ3n) is 6.60. The number of amides is 1. The third-order valence-corrected chi connectivity index (χ3v) is 8.83. The van der Waals surface area contributed by atoms with Crippen LogP contribution in [-0.4, -0.2) is 42.7 Å². The monoisotopic (exact) mass is 462 g/mol. The number of carbonyl (C=O) groups excluding carboxylic acids is 1. The molecule has 3 fully saturated rings. The highest BCUT2D eigenvalue weighted by Gasteiger charge is 2.38. The van der Waals surface area contributed by atoms with E-state index >= 15 is 0 Å². The molecule has 2 aliphatic carbocycles. The molecule has 5 rings (SSSR count). The molecule has 2 unspecified atom stereocenters. The van der Waals surface area contributed by atoms with E-state index in [1.807, 2.05) is 12.1 Å². The van der Waals surface area contributed by atoms with Gasteiger partial charge in [-0.2, -0.15) is 4.31 Å². The molecule has 3 aliphatic rings. The maximum Gasteiger partial charge on any atom is 0.256 e. The lowest BCUT2D eigenvalue weighted by Gasteiger charge is -2.23. The van der Waals surface area contributed by atoms with Gasteiger partial charge in [0.1, 0.15) is 11.5 Å². The number of hydrogen-bond acceptors (Lipinski definition) is 4. The fourth-order valence-electron chi connectivity index (χ4n) is 4.38. The molecule has 2 atom stereocenters. The largest absolute Gasteiger partial charge is 0.464 e. The number of furan rings is 1. The van der Waals surface area contributed by atoms with Gasteiger partial charge >= 0.3 is 0 Å². The summed E-state index contributed by atoms with van der Waals surface area (Å²) in [6.07, 6.45) is 4.73. The summed E-state index contributed by atoms with van der Waals surface area (Å²) in [6.45, 7) is 3.61. The van der Waals surface area contributed by atoms with E-state index in [0.717, 1.165) is 43.6 Å². The molecule has 6 nitrogen and oxygen atoms in total. The molecule has 1 aromatic heterocycles. The molecule has 166 valence electrons. The topological polar surface area (TPSA) is 70.8 Å². The average Bonchev–Trinajstić information content (AvgIpc) is 3.59. The predicted molar refractivity (Wildman–Crippen MR) is 118 cm³/mol. The molecule has 2 aromatic rings. The van der Waals surface area contributed by atoms with Gasteiger partial charge in [0.25, 0.3) is 5.91 Å². The summed E-state index contributed by atoms with van der Waals surface area (Å²) < 4.78 is 33.4. The lowest BCUT2D eigenvalue weighted by atomic mass is 10.2. The van der Waals surface area contributed by atoms with Crippen LogP contribution in [-0.2, 0) is 16.6 Å². The van der Waals surface area contributed by atoms with Gasteiger partial charge in [-0.3, -0.25) is 4.79 Å². The van der Waals surface area contributed by atoms with Crippen molar-refractivity contribution in [2.45, 2.75) is 62.4 Å². The smallest absolute Gasteiger partial charge is 0.256 e. The van der Waals surface area contributed by atoms with Crippen molar-refractivity contribution in [1.29, 1.82) is 0 Å². The fourth-order valence-corrected chi connectivity index (χ4v) is 6.12. The van der Waals surface area contributed by atoms with Crippen LogP contribution < -0.4 is 0 Å². The Balaban J connectivity index is 1.40. The first-order valence-electron chi connectivity index (χ1n) is 11.0. The Morgan fingerprint density at radius 1 is 1.19 bits per heavy atom. The fraction of sp³-hybridized carbons (Fsp3) is 0.522. The van der Waals surface area contributed by atoms with Gasteiger partial charge < -0.3 is 9.32 Å². The van der Waals surface area contributed by atoms with Gasteiger partial charge in [0.05, 0.1) is 22.0 Å². The highest BCUT2D eigenvalue weighted by atomic mass is 35.5. The minimum absolute atomic E-state index is 0.126. The normalized spacial score (nSPS) is 23.8. The minimum Gasteiger partial charge on any atom is -0.464 e. The molecule has 0 bridgehead atoms. The Morgan fingerprint density at radius 3 is 2.55 bits per heavy atom. The zero-order chi connectivity index (χ0) is 21.8. The summed E-state index contributed by atoms with van der Waals surface area (Å²) in [4.78, 5) is 15.3. The molecular weight excluding hydrogens is 436 g/mol. The van der Waals surface area contributed by atoms with E-state index in [1.165, 1.54) is 22.5 Å². The predicted octanol–water partition coefficient (Wildman–Crippen LogP) is 4.65. The van der Waals surface area contributed by atoms with Crippen LogP contribution in [0.25, 0.3) is 0 Å². The first-order chi connectivity index (χ1) is 14.8. The van der Waals surface area contributed by atoms with E-state index in [9.17, 15) is 13.2 Å². The maximum absolute atomic E-state index is 13.4. The Kier molecular flexibility index (Phi) is 5.39. The van der Waals surface area contributed by atoms with Crippen molar-refractivity contribution in [3.8, 4) is 0 Å². The van der Waals surface area contributed by atoms with Crippen LogP contribution in [0.2, 0.25) is 5.02 Å². The molecule has 1 amide bonds. The van der Waals surface area contributed by atoms with E-state index in [2.05, 4.69) is 6.92 Å². The maximum atomic E-state index is 13.4. The van der Waals surface area contributed by atoms with Crippen molar-refractivity contribution in [3.05, 3.63) is 52.4 Å². The second kappa shape index (κ2) is 7.94. The summed E-state index contributed by atoms with van der Waals surface area (Å²) in [5.41, 5.74) is 0.233. The standard InChI is InChI=1S/C23H27ClN2O4S/c1-15-12-19(15)22-9-6-17(30-22)14-26(16-4-5-16)23(27)20-13-18(7-8-21(20)24)31(28,29)25-10-2-3-11-25/h6-9,13,15-16,19H,2-5,10-12,14H2,1H3. The molecule has 1 aliphatic heterocycles. The van der Waals surface area contributed by atoms with Crippen LogP contribution in [0.1, 0.15) is 66.8 Å². The molecule has 1 aromatic carbocycles. The van der Waals surface area contributed by atoms with Crippen molar-refractivity contribution in [3.63, 3.8) is 0 Å². The van der Waals surface area contributed by atoms with Crippen molar-refractivity contribution < 1.29 is 17.6 Å². The third kappa shape index (κ3) is 4.15. The van der Waals surface area contributed by atoms with E-state index in [-0.39, 0.29) is 27.4 Å². The summed E-state index contributed by atoms with van der Waals surface area (Å²) >= 11 is 6.36. The summed E-state index contributed by atoms with van der Waals surface area (Å²) in [5.74, 6) is 2.64. The Hall–Kier alpha value is -1.83. The van der Waals surface area contributed by atoms with Crippen LogP contribution in [0.5, 0.6) is 0 Å². The highest BCUT2D eigenvalue weighted by Crippen LogP contribution is 2.47. The number of hydrogen-bond donors (Lipinski definition) is 0. The number of rotatable bonds is 7. The van der Waals surface area contributed by atoms with E-state index in [1.54, 1.807) is 4.90 Å². The molecule has 2 heterocycles. The number of halogens is 1. The van der Waals surface area contributed by atoms with E-state index in [4.69, 9.17) is 16.0 Å². The zero-order valence-corrected chi connectivity index (χ0v) is 19.2.